The molecule has 1 aromatic carbocycles. The van der Waals surface area contributed by atoms with Crippen molar-refractivity contribution < 1.29 is 4.74 Å². The highest BCUT2D eigenvalue weighted by atomic mass is 79.9. The molecule has 0 saturated carbocycles. The fourth-order valence-electron chi connectivity index (χ4n) is 1.78. The molecule has 0 spiro atoms. The second kappa shape index (κ2) is 7.37. The van der Waals surface area contributed by atoms with Crippen molar-refractivity contribution in [3.05, 3.63) is 28.2 Å². The molecule has 92 valence electrons. The fraction of sp³-hybridized carbons (Fsp3) is 0.429. The summed E-state index contributed by atoms with van der Waals surface area (Å²) in [4.78, 5) is 0. The summed E-state index contributed by atoms with van der Waals surface area (Å²) >= 11 is 3.57. The van der Waals surface area contributed by atoms with Crippen LogP contribution in [0.3, 0.4) is 0 Å². The van der Waals surface area contributed by atoms with E-state index >= 15 is 0 Å². The molecule has 0 aliphatic carbocycles. The molecule has 0 aliphatic rings. The fourth-order valence-corrected chi connectivity index (χ4v) is 2.30. The van der Waals surface area contributed by atoms with E-state index in [1.807, 2.05) is 19.2 Å². The Labute approximate surface area is 112 Å². The summed E-state index contributed by atoms with van der Waals surface area (Å²) in [5.74, 6) is 3.55. The topological polar surface area (TPSA) is 21.3 Å². The predicted octanol–water partition coefficient (Wildman–Crippen LogP) is 3.52. The monoisotopic (exact) mass is 295 g/mol. The van der Waals surface area contributed by atoms with E-state index in [9.17, 15) is 0 Å². The van der Waals surface area contributed by atoms with Gasteiger partial charge in [-0.2, -0.15) is 0 Å². The third-order valence-corrected chi connectivity index (χ3v) is 3.46. The number of halogens is 1. The summed E-state index contributed by atoms with van der Waals surface area (Å²) in [6, 6.07) is 6.32. The van der Waals surface area contributed by atoms with Crippen LogP contribution in [0.2, 0.25) is 0 Å². The van der Waals surface area contributed by atoms with E-state index in [2.05, 4.69) is 33.2 Å². The Morgan fingerprint density at radius 3 is 2.88 bits per heavy atom. The molecule has 3 heteroatoms. The molecule has 0 saturated heterocycles. The molecule has 0 amide bonds. The van der Waals surface area contributed by atoms with Crippen LogP contribution < -0.4 is 10.1 Å². The van der Waals surface area contributed by atoms with Gasteiger partial charge in [0.15, 0.2) is 0 Å². The van der Waals surface area contributed by atoms with Crippen LogP contribution in [0.15, 0.2) is 22.7 Å². The van der Waals surface area contributed by atoms with Crippen LogP contribution in [0.4, 0.5) is 0 Å². The molecule has 17 heavy (non-hydrogen) atoms. The minimum atomic E-state index is 0.299. The maximum Gasteiger partial charge on any atom is 0.119 e. The van der Waals surface area contributed by atoms with Crippen molar-refractivity contribution in [3.63, 3.8) is 0 Å². The zero-order chi connectivity index (χ0) is 12.7. The van der Waals surface area contributed by atoms with Gasteiger partial charge >= 0.3 is 0 Å². The largest absolute Gasteiger partial charge is 0.497 e. The molecule has 0 fully saturated rings. The standard InChI is InChI=1S/C14H18BrNO/c1-4-5-6-7-14(16-2)12-10-11(17-3)8-9-13(12)15/h1,8-10,14,16H,5-7H2,2-3H3. The second-order valence-electron chi connectivity index (χ2n) is 3.83. The van der Waals surface area contributed by atoms with Crippen molar-refractivity contribution in [3.8, 4) is 18.1 Å². The van der Waals surface area contributed by atoms with Gasteiger partial charge in [-0.15, -0.1) is 12.3 Å². The van der Waals surface area contributed by atoms with E-state index in [4.69, 9.17) is 11.2 Å². The smallest absolute Gasteiger partial charge is 0.119 e. The average Bonchev–Trinajstić information content (AvgIpc) is 2.36. The summed E-state index contributed by atoms with van der Waals surface area (Å²) in [5, 5.41) is 3.32. The number of hydrogen-bond acceptors (Lipinski definition) is 2. The van der Waals surface area contributed by atoms with Crippen LogP contribution in [0, 0.1) is 12.3 Å². The third-order valence-electron chi connectivity index (χ3n) is 2.74. The maximum absolute atomic E-state index is 5.27. The minimum absolute atomic E-state index is 0.299. The Hall–Kier alpha value is -0.980. The van der Waals surface area contributed by atoms with E-state index in [0.717, 1.165) is 29.5 Å². The van der Waals surface area contributed by atoms with Gasteiger partial charge in [-0.3, -0.25) is 0 Å². The van der Waals surface area contributed by atoms with Gasteiger partial charge < -0.3 is 10.1 Å². The average molecular weight is 296 g/mol. The van der Waals surface area contributed by atoms with Gasteiger partial charge in [0.05, 0.1) is 7.11 Å². The Balaban J connectivity index is 2.83. The lowest BCUT2D eigenvalue weighted by Gasteiger charge is -2.18. The Kier molecular flexibility index (Phi) is 6.10. The molecule has 0 heterocycles. The number of unbranched alkanes of at least 4 members (excludes halogenated alkanes) is 1. The van der Waals surface area contributed by atoms with Crippen molar-refractivity contribution in [2.75, 3.05) is 14.2 Å². The molecule has 1 rings (SSSR count). The Bertz CT molecular complexity index is 398. The van der Waals surface area contributed by atoms with E-state index in [1.54, 1.807) is 7.11 Å². The highest BCUT2D eigenvalue weighted by Crippen LogP contribution is 2.30. The molecule has 0 aromatic heterocycles. The molecular weight excluding hydrogens is 278 g/mol. The molecule has 1 atom stereocenters. The van der Waals surface area contributed by atoms with E-state index in [-0.39, 0.29) is 0 Å². The van der Waals surface area contributed by atoms with E-state index in [0.29, 0.717) is 6.04 Å². The molecule has 0 aliphatic heterocycles. The number of methoxy groups -OCH3 is 1. The van der Waals surface area contributed by atoms with Gasteiger partial charge in [-0.25, -0.2) is 0 Å². The molecule has 1 N–H and O–H groups in total. The van der Waals surface area contributed by atoms with Crippen LogP contribution in [-0.2, 0) is 0 Å². The van der Waals surface area contributed by atoms with Gasteiger partial charge in [-0.1, -0.05) is 15.9 Å². The Morgan fingerprint density at radius 2 is 2.29 bits per heavy atom. The Morgan fingerprint density at radius 1 is 1.53 bits per heavy atom. The third kappa shape index (κ3) is 4.07. The lowest BCUT2D eigenvalue weighted by atomic mass is 10.0. The van der Waals surface area contributed by atoms with Crippen LogP contribution in [-0.4, -0.2) is 14.2 Å². The van der Waals surface area contributed by atoms with E-state index in [1.165, 1.54) is 5.56 Å². The first-order chi connectivity index (χ1) is 8.22. The number of hydrogen-bond donors (Lipinski definition) is 1. The quantitative estimate of drug-likeness (QED) is 0.640. The molecule has 2 nitrogen and oxygen atoms in total. The van der Waals surface area contributed by atoms with Crippen LogP contribution in [0.25, 0.3) is 0 Å². The van der Waals surface area contributed by atoms with Crippen LogP contribution >= 0.6 is 15.9 Å². The first-order valence-corrected chi connectivity index (χ1v) is 6.46. The van der Waals surface area contributed by atoms with Crippen molar-refractivity contribution in [2.45, 2.75) is 25.3 Å². The number of ether oxygens (including phenoxy) is 1. The number of nitrogens with one attached hydrogen (secondary N) is 1. The molecule has 1 aromatic rings. The van der Waals surface area contributed by atoms with Gasteiger partial charge in [-0.05, 0) is 43.7 Å². The highest BCUT2D eigenvalue weighted by molar-refractivity contribution is 9.10. The lowest BCUT2D eigenvalue weighted by Crippen LogP contribution is -2.16. The van der Waals surface area contributed by atoms with Crippen molar-refractivity contribution in [1.82, 2.24) is 5.32 Å². The molecule has 0 bridgehead atoms. The summed E-state index contributed by atoms with van der Waals surface area (Å²) in [5.41, 5.74) is 1.21. The zero-order valence-electron chi connectivity index (χ0n) is 10.3. The number of terminal acetylenes is 1. The number of benzene rings is 1. The predicted molar refractivity (Wildman–Crippen MR) is 75.2 cm³/mol. The summed E-state index contributed by atoms with van der Waals surface area (Å²) in [6.45, 7) is 0. The van der Waals surface area contributed by atoms with Gasteiger partial charge in [0.1, 0.15) is 5.75 Å². The van der Waals surface area contributed by atoms with Crippen molar-refractivity contribution >= 4 is 15.9 Å². The van der Waals surface area contributed by atoms with Gasteiger partial charge in [0.2, 0.25) is 0 Å². The first-order valence-electron chi connectivity index (χ1n) is 5.67. The minimum Gasteiger partial charge on any atom is -0.497 e. The maximum atomic E-state index is 5.27. The summed E-state index contributed by atoms with van der Waals surface area (Å²) < 4.78 is 6.34. The second-order valence-corrected chi connectivity index (χ2v) is 4.68. The highest BCUT2D eigenvalue weighted by Gasteiger charge is 2.13. The van der Waals surface area contributed by atoms with Gasteiger partial charge in [0.25, 0.3) is 0 Å². The van der Waals surface area contributed by atoms with Crippen LogP contribution in [0.5, 0.6) is 5.75 Å². The van der Waals surface area contributed by atoms with Crippen molar-refractivity contribution in [2.24, 2.45) is 0 Å². The van der Waals surface area contributed by atoms with E-state index < -0.39 is 0 Å². The molecule has 1 unspecified atom stereocenters. The van der Waals surface area contributed by atoms with Crippen molar-refractivity contribution in [1.29, 1.82) is 0 Å². The number of rotatable bonds is 6. The lowest BCUT2D eigenvalue weighted by molar-refractivity contribution is 0.412. The molecular formula is C14H18BrNO. The first kappa shape index (κ1) is 14.1. The SMILES string of the molecule is C#CCCCC(NC)c1cc(OC)ccc1Br. The normalized spacial score (nSPS) is 11.9. The summed E-state index contributed by atoms with van der Waals surface area (Å²) in [6.07, 6.45) is 8.13. The molecule has 0 radical (unpaired) electrons. The van der Waals surface area contributed by atoms with Crippen LogP contribution in [0.1, 0.15) is 30.9 Å². The zero-order valence-corrected chi connectivity index (χ0v) is 11.9. The summed E-state index contributed by atoms with van der Waals surface area (Å²) in [7, 11) is 3.65. The van der Waals surface area contributed by atoms with Gasteiger partial charge in [0, 0.05) is 16.9 Å².